The Morgan fingerprint density at radius 3 is 2.81 bits per heavy atom. The maximum Gasteiger partial charge on any atom is 0.306 e. The van der Waals surface area contributed by atoms with Gasteiger partial charge in [-0.3, -0.25) is 4.79 Å². The van der Waals surface area contributed by atoms with Crippen LogP contribution in [0.25, 0.3) is 0 Å². The van der Waals surface area contributed by atoms with Gasteiger partial charge in [0, 0.05) is 11.0 Å². The van der Waals surface area contributed by atoms with E-state index >= 15 is 0 Å². The van der Waals surface area contributed by atoms with Gasteiger partial charge in [-0.1, -0.05) is 6.07 Å². The SMILES string of the molecule is O=C(O)CC(O)CNc1c(F)cccc1Br. The van der Waals surface area contributed by atoms with E-state index in [9.17, 15) is 14.3 Å². The highest BCUT2D eigenvalue weighted by Gasteiger charge is 2.11. The summed E-state index contributed by atoms with van der Waals surface area (Å²) >= 11 is 3.15. The Hall–Kier alpha value is -1.14. The third-order valence-electron chi connectivity index (χ3n) is 1.89. The minimum Gasteiger partial charge on any atom is -0.481 e. The van der Waals surface area contributed by atoms with Gasteiger partial charge < -0.3 is 15.5 Å². The van der Waals surface area contributed by atoms with Gasteiger partial charge in [-0.2, -0.15) is 0 Å². The first kappa shape index (κ1) is 12.9. The molecule has 0 fully saturated rings. The molecule has 0 aromatic heterocycles. The van der Waals surface area contributed by atoms with Crippen molar-refractivity contribution in [3.8, 4) is 0 Å². The van der Waals surface area contributed by atoms with Crippen molar-refractivity contribution in [2.75, 3.05) is 11.9 Å². The van der Waals surface area contributed by atoms with Gasteiger partial charge in [0.25, 0.3) is 0 Å². The second-order valence-corrected chi connectivity index (χ2v) is 4.08. The van der Waals surface area contributed by atoms with Crippen molar-refractivity contribution in [1.82, 2.24) is 0 Å². The molecule has 0 saturated heterocycles. The summed E-state index contributed by atoms with van der Waals surface area (Å²) in [7, 11) is 0. The first-order valence-corrected chi connectivity index (χ1v) is 5.37. The summed E-state index contributed by atoms with van der Waals surface area (Å²) in [6, 6.07) is 4.46. The number of aliphatic hydroxyl groups is 1. The molecule has 0 bridgehead atoms. The lowest BCUT2D eigenvalue weighted by molar-refractivity contribution is -0.138. The number of carbonyl (C=O) groups is 1. The first-order valence-electron chi connectivity index (χ1n) is 4.58. The van der Waals surface area contributed by atoms with E-state index in [0.29, 0.717) is 4.47 Å². The van der Waals surface area contributed by atoms with Crippen molar-refractivity contribution < 1.29 is 19.4 Å². The molecule has 4 nitrogen and oxygen atoms in total. The Kier molecular flexibility index (Phi) is 4.70. The molecule has 0 saturated carbocycles. The van der Waals surface area contributed by atoms with Gasteiger partial charge in [0.05, 0.1) is 18.2 Å². The van der Waals surface area contributed by atoms with Crippen molar-refractivity contribution in [2.45, 2.75) is 12.5 Å². The summed E-state index contributed by atoms with van der Waals surface area (Å²) < 4.78 is 13.8. The monoisotopic (exact) mass is 291 g/mol. The molecule has 6 heteroatoms. The Morgan fingerprint density at radius 1 is 1.56 bits per heavy atom. The fourth-order valence-electron chi connectivity index (χ4n) is 1.16. The van der Waals surface area contributed by atoms with Crippen molar-refractivity contribution >= 4 is 27.6 Å². The summed E-state index contributed by atoms with van der Waals surface area (Å²) in [5, 5.41) is 20.4. The predicted molar refractivity (Wildman–Crippen MR) is 60.8 cm³/mol. The van der Waals surface area contributed by atoms with E-state index in [1.165, 1.54) is 12.1 Å². The molecule has 0 amide bonds. The Balaban J connectivity index is 2.57. The zero-order chi connectivity index (χ0) is 12.1. The average Bonchev–Trinajstić information content (AvgIpc) is 2.15. The lowest BCUT2D eigenvalue weighted by atomic mass is 10.2. The molecule has 88 valence electrons. The second kappa shape index (κ2) is 5.81. The molecule has 1 atom stereocenters. The number of nitrogens with one attached hydrogen (secondary N) is 1. The van der Waals surface area contributed by atoms with Crippen LogP contribution in [0.1, 0.15) is 6.42 Å². The molecular formula is C10H11BrFNO3. The number of hydrogen-bond donors (Lipinski definition) is 3. The Labute approximate surface area is 100 Å². The topological polar surface area (TPSA) is 69.6 Å². The molecular weight excluding hydrogens is 281 g/mol. The molecule has 1 unspecified atom stereocenters. The summed E-state index contributed by atoms with van der Waals surface area (Å²) in [6.07, 6.45) is -1.43. The van der Waals surface area contributed by atoms with Crippen LogP contribution in [0.2, 0.25) is 0 Å². The lowest BCUT2D eigenvalue weighted by Crippen LogP contribution is -2.23. The van der Waals surface area contributed by atoms with Crippen molar-refractivity contribution in [2.24, 2.45) is 0 Å². The van der Waals surface area contributed by atoms with Gasteiger partial charge in [-0.05, 0) is 28.1 Å². The van der Waals surface area contributed by atoms with Crippen LogP contribution in [-0.4, -0.2) is 28.8 Å². The summed E-state index contributed by atoms with van der Waals surface area (Å²) in [4.78, 5) is 10.3. The first-order chi connectivity index (χ1) is 7.50. The van der Waals surface area contributed by atoms with Crippen molar-refractivity contribution in [1.29, 1.82) is 0 Å². The number of benzene rings is 1. The lowest BCUT2D eigenvalue weighted by Gasteiger charge is -2.12. The van der Waals surface area contributed by atoms with Gasteiger partial charge in [0.15, 0.2) is 0 Å². The van der Waals surface area contributed by atoms with Gasteiger partial charge in [-0.15, -0.1) is 0 Å². The minimum atomic E-state index is -1.10. The van der Waals surface area contributed by atoms with Gasteiger partial charge in [0.1, 0.15) is 5.82 Å². The maximum atomic E-state index is 13.3. The van der Waals surface area contributed by atoms with Crippen molar-refractivity contribution in [3.05, 3.63) is 28.5 Å². The predicted octanol–water partition coefficient (Wildman–Crippen LogP) is 1.84. The van der Waals surface area contributed by atoms with E-state index in [1.807, 2.05) is 0 Å². The molecule has 1 rings (SSSR count). The van der Waals surface area contributed by atoms with Crippen LogP contribution in [0.3, 0.4) is 0 Å². The summed E-state index contributed by atoms with van der Waals surface area (Å²) in [5.41, 5.74) is 0.215. The number of para-hydroxylation sites is 1. The normalized spacial score (nSPS) is 12.2. The molecule has 1 aromatic rings. The van der Waals surface area contributed by atoms with E-state index in [1.54, 1.807) is 6.07 Å². The fraction of sp³-hybridized carbons (Fsp3) is 0.300. The number of anilines is 1. The molecule has 0 radical (unpaired) electrons. The molecule has 0 spiro atoms. The van der Waals surface area contributed by atoms with Crippen LogP contribution in [0.15, 0.2) is 22.7 Å². The van der Waals surface area contributed by atoms with Crippen LogP contribution in [0.5, 0.6) is 0 Å². The number of carboxylic acids is 1. The van der Waals surface area contributed by atoms with E-state index in [2.05, 4.69) is 21.2 Å². The van der Waals surface area contributed by atoms with Crippen molar-refractivity contribution in [3.63, 3.8) is 0 Å². The highest BCUT2D eigenvalue weighted by Crippen LogP contribution is 2.24. The third kappa shape index (κ3) is 3.79. The quantitative estimate of drug-likeness (QED) is 0.774. The molecule has 1 aromatic carbocycles. The molecule has 0 aliphatic carbocycles. The van der Waals surface area contributed by atoms with Crippen LogP contribution in [-0.2, 0) is 4.79 Å². The van der Waals surface area contributed by atoms with E-state index < -0.39 is 17.9 Å². The molecule has 16 heavy (non-hydrogen) atoms. The Morgan fingerprint density at radius 2 is 2.25 bits per heavy atom. The number of rotatable bonds is 5. The van der Waals surface area contributed by atoms with Crippen LogP contribution >= 0.6 is 15.9 Å². The maximum absolute atomic E-state index is 13.3. The average molecular weight is 292 g/mol. The summed E-state index contributed by atoms with van der Waals surface area (Å²) in [5.74, 6) is -1.56. The highest BCUT2D eigenvalue weighted by atomic mass is 79.9. The van der Waals surface area contributed by atoms with Crippen LogP contribution in [0.4, 0.5) is 10.1 Å². The van der Waals surface area contributed by atoms with E-state index in [-0.39, 0.29) is 18.7 Å². The Bertz CT molecular complexity index is 366. The van der Waals surface area contributed by atoms with E-state index in [0.717, 1.165) is 0 Å². The third-order valence-corrected chi connectivity index (χ3v) is 2.55. The number of aliphatic hydroxyl groups excluding tert-OH is 1. The fourth-order valence-corrected chi connectivity index (χ4v) is 1.64. The number of hydrogen-bond acceptors (Lipinski definition) is 3. The summed E-state index contributed by atoms with van der Waals surface area (Å²) in [6.45, 7) is -0.0220. The molecule has 0 aliphatic heterocycles. The van der Waals surface area contributed by atoms with Crippen LogP contribution < -0.4 is 5.32 Å². The molecule has 3 N–H and O–H groups in total. The zero-order valence-corrected chi connectivity index (χ0v) is 9.87. The van der Waals surface area contributed by atoms with Gasteiger partial charge in [-0.25, -0.2) is 4.39 Å². The highest BCUT2D eigenvalue weighted by molar-refractivity contribution is 9.10. The number of halogens is 2. The molecule has 0 aliphatic rings. The molecule has 0 heterocycles. The minimum absolute atomic E-state index is 0.0220. The second-order valence-electron chi connectivity index (χ2n) is 3.23. The van der Waals surface area contributed by atoms with Crippen LogP contribution in [0, 0.1) is 5.82 Å². The van der Waals surface area contributed by atoms with Gasteiger partial charge in [0.2, 0.25) is 0 Å². The number of aliphatic carboxylic acids is 1. The number of carboxylic acid groups (broad SMARTS) is 1. The largest absolute Gasteiger partial charge is 0.481 e. The van der Waals surface area contributed by atoms with Gasteiger partial charge >= 0.3 is 5.97 Å². The zero-order valence-electron chi connectivity index (χ0n) is 8.28. The smallest absolute Gasteiger partial charge is 0.306 e. The standard InChI is InChI=1S/C10H11BrFNO3/c11-7-2-1-3-8(12)10(7)13-5-6(14)4-9(15)16/h1-3,6,13-14H,4-5H2,(H,15,16). The van der Waals surface area contributed by atoms with E-state index in [4.69, 9.17) is 5.11 Å².